The maximum absolute atomic E-state index is 4.31. The minimum atomic E-state index is 0. The van der Waals surface area contributed by atoms with Gasteiger partial charge in [-0.15, -0.1) is 5.54 Å². The molecule has 2 saturated heterocycles. The van der Waals surface area contributed by atoms with Gasteiger partial charge in [0.1, 0.15) is 0 Å². The Morgan fingerprint density at radius 2 is 2.08 bits per heavy atom. The van der Waals surface area contributed by atoms with E-state index in [0.717, 1.165) is 6.04 Å². The van der Waals surface area contributed by atoms with Crippen molar-refractivity contribution in [2.75, 3.05) is 6.54 Å². The molecule has 0 aliphatic carbocycles. The molecular formula is C9H18N2Y-2. The van der Waals surface area contributed by atoms with Crippen molar-refractivity contribution in [1.82, 2.24) is 4.90 Å². The molecule has 69 valence electrons. The van der Waals surface area contributed by atoms with E-state index in [2.05, 4.69) is 18.7 Å². The summed E-state index contributed by atoms with van der Waals surface area (Å²) in [5.41, 5.74) is 0.361. The largest absolute Gasteiger partial charge is 0.693 e. The van der Waals surface area contributed by atoms with Gasteiger partial charge in [0.15, 0.2) is 0 Å². The second-order valence-corrected chi connectivity index (χ2v) is 3.91. The molecule has 2 heterocycles. The maximum Gasteiger partial charge on any atom is 0.00438 e. The standard InChI is InChI=1S/C9H16N.H2N.Y/c1-8-4-6-9(2)5-3-7-10(8)9;;/h8H,2-7H2,1H3;1H2;/q2*-1;. The van der Waals surface area contributed by atoms with Gasteiger partial charge in [0, 0.05) is 38.8 Å². The molecule has 2 rings (SSSR count). The summed E-state index contributed by atoms with van der Waals surface area (Å²) < 4.78 is 0. The smallest absolute Gasteiger partial charge is 0.00438 e. The van der Waals surface area contributed by atoms with Crippen LogP contribution in [0.3, 0.4) is 0 Å². The SMILES string of the molecule is [CH2-]C12CCCN1C(C)CC2.[NH2-].[Y]. The van der Waals surface area contributed by atoms with E-state index in [1.54, 1.807) is 0 Å². The summed E-state index contributed by atoms with van der Waals surface area (Å²) in [7, 11) is 0. The van der Waals surface area contributed by atoms with E-state index in [1.165, 1.54) is 32.2 Å². The van der Waals surface area contributed by atoms with Crippen LogP contribution in [0.4, 0.5) is 0 Å². The Balaban J connectivity index is 0.000000605. The maximum atomic E-state index is 4.31. The Morgan fingerprint density at radius 1 is 1.42 bits per heavy atom. The van der Waals surface area contributed by atoms with Crippen LogP contribution in [0.25, 0.3) is 6.15 Å². The van der Waals surface area contributed by atoms with Gasteiger partial charge in [-0.05, 0) is 26.3 Å². The fourth-order valence-corrected chi connectivity index (χ4v) is 2.55. The summed E-state index contributed by atoms with van der Waals surface area (Å²) in [5.74, 6) is 0. The molecule has 12 heavy (non-hydrogen) atoms. The van der Waals surface area contributed by atoms with Gasteiger partial charge in [0.25, 0.3) is 0 Å². The zero-order valence-corrected chi connectivity index (χ0v) is 10.8. The van der Waals surface area contributed by atoms with Crippen molar-refractivity contribution in [2.24, 2.45) is 0 Å². The minimum absolute atomic E-state index is 0. The van der Waals surface area contributed by atoms with Crippen LogP contribution in [0, 0.1) is 6.92 Å². The van der Waals surface area contributed by atoms with Crippen molar-refractivity contribution in [3.8, 4) is 0 Å². The zero-order chi connectivity index (χ0) is 7.19. The Labute approximate surface area is 101 Å². The van der Waals surface area contributed by atoms with Crippen LogP contribution in [0.5, 0.6) is 0 Å². The Kier molecular flexibility index (Phi) is 4.88. The fraction of sp³-hybridized carbons (Fsp3) is 0.889. The quantitative estimate of drug-likeness (QED) is 0.602. The predicted octanol–water partition coefficient (Wildman–Crippen LogP) is 2.55. The topological polar surface area (TPSA) is 36.7 Å². The first-order valence-electron chi connectivity index (χ1n) is 4.34. The number of hydrogen-bond acceptors (Lipinski definition) is 1. The van der Waals surface area contributed by atoms with E-state index in [-0.39, 0.29) is 38.9 Å². The molecule has 2 nitrogen and oxygen atoms in total. The van der Waals surface area contributed by atoms with Crippen LogP contribution < -0.4 is 0 Å². The summed E-state index contributed by atoms with van der Waals surface area (Å²) in [6.45, 7) is 7.94. The summed E-state index contributed by atoms with van der Waals surface area (Å²) in [4.78, 5) is 2.59. The molecule has 1 radical (unpaired) electrons. The second kappa shape index (κ2) is 4.50. The molecule has 0 saturated carbocycles. The van der Waals surface area contributed by atoms with Crippen LogP contribution in [0.15, 0.2) is 0 Å². The van der Waals surface area contributed by atoms with E-state index in [4.69, 9.17) is 0 Å². The molecule has 2 fully saturated rings. The van der Waals surface area contributed by atoms with Gasteiger partial charge in [0.2, 0.25) is 0 Å². The monoisotopic (exact) mass is 243 g/mol. The van der Waals surface area contributed by atoms with Gasteiger partial charge in [-0.25, -0.2) is 0 Å². The predicted molar refractivity (Wildman–Crippen MR) is 48.0 cm³/mol. The molecule has 2 aliphatic heterocycles. The van der Waals surface area contributed by atoms with Crippen molar-refractivity contribution in [3.63, 3.8) is 0 Å². The summed E-state index contributed by atoms with van der Waals surface area (Å²) in [5, 5.41) is 0. The summed E-state index contributed by atoms with van der Waals surface area (Å²) >= 11 is 0. The molecule has 2 N–H and O–H groups in total. The van der Waals surface area contributed by atoms with Crippen molar-refractivity contribution >= 4 is 0 Å². The van der Waals surface area contributed by atoms with E-state index < -0.39 is 0 Å². The van der Waals surface area contributed by atoms with Crippen LogP contribution >= 0.6 is 0 Å². The van der Waals surface area contributed by atoms with Crippen LogP contribution in [0.1, 0.15) is 32.6 Å². The van der Waals surface area contributed by atoms with Crippen LogP contribution in [-0.4, -0.2) is 23.0 Å². The van der Waals surface area contributed by atoms with Gasteiger partial charge in [-0.2, -0.15) is 0 Å². The van der Waals surface area contributed by atoms with E-state index >= 15 is 0 Å². The first-order valence-corrected chi connectivity index (χ1v) is 4.34. The van der Waals surface area contributed by atoms with Crippen molar-refractivity contribution in [1.29, 1.82) is 0 Å². The van der Waals surface area contributed by atoms with Crippen LogP contribution in [0.2, 0.25) is 0 Å². The van der Waals surface area contributed by atoms with Crippen molar-refractivity contribution < 1.29 is 32.7 Å². The summed E-state index contributed by atoms with van der Waals surface area (Å²) in [6, 6.07) is 0.806. The number of nitrogens with two attached hydrogens (primary N) is 1. The molecular weight excluding hydrogens is 225 g/mol. The van der Waals surface area contributed by atoms with E-state index in [1.807, 2.05) is 0 Å². The first-order chi connectivity index (χ1) is 4.72. The molecule has 0 amide bonds. The van der Waals surface area contributed by atoms with Crippen molar-refractivity contribution in [2.45, 2.75) is 44.2 Å². The molecule has 0 spiro atoms. The molecule has 0 aromatic heterocycles. The third-order valence-corrected chi connectivity index (χ3v) is 3.21. The van der Waals surface area contributed by atoms with Gasteiger partial charge < -0.3 is 18.0 Å². The number of fused-ring (bicyclic) bond motifs is 1. The molecule has 2 unspecified atom stereocenters. The Morgan fingerprint density at radius 3 is 2.67 bits per heavy atom. The average molecular weight is 243 g/mol. The molecule has 2 atom stereocenters. The van der Waals surface area contributed by atoms with Gasteiger partial charge >= 0.3 is 0 Å². The normalized spacial score (nSPS) is 40.0. The first kappa shape index (κ1) is 13.0. The second-order valence-electron chi connectivity index (χ2n) is 3.91. The summed E-state index contributed by atoms with van der Waals surface area (Å²) in [6.07, 6.45) is 5.39. The number of rotatable bonds is 0. The van der Waals surface area contributed by atoms with Gasteiger partial charge in [0.05, 0.1) is 0 Å². The van der Waals surface area contributed by atoms with Gasteiger partial charge in [-0.3, -0.25) is 0 Å². The van der Waals surface area contributed by atoms with E-state index in [9.17, 15) is 0 Å². The minimum Gasteiger partial charge on any atom is -0.693 e. The molecule has 2 aliphatic rings. The van der Waals surface area contributed by atoms with E-state index in [0.29, 0.717) is 5.54 Å². The number of hydrogen-bond donors (Lipinski definition) is 0. The third-order valence-electron chi connectivity index (χ3n) is 3.21. The third kappa shape index (κ3) is 1.92. The molecule has 3 heteroatoms. The molecule has 0 aromatic carbocycles. The van der Waals surface area contributed by atoms with Crippen molar-refractivity contribution in [3.05, 3.63) is 13.1 Å². The average Bonchev–Trinajstić information content (AvgIpc) is 2.35. The Bertz CT molecular complexity index is 151. The fourth-order valence-electron chi connectivity index (χ4n) is 2.55. The van der Waals surface area contributed by atoms with Crippen LogP contribution in [-0.2, 0) is 32.7 Å². The number of nitrogens with zero attached hydrogens (tertiary/aromatic N) is 1. The molecule has 0 bridgehead atoms. The van der Waals surface area contributed by atoms with Gasteiger partial charge in [-0.1, -0.05) is 12.8 Å². The zero-order valence-electron chi connectivity index (χ0n) is 7.92. The Hall–Kier alpha value is 1.02. The molecule has 0 aromatic rings.